The Kier molecular flexibility index (Phi) is 4.89. The molecule has 0 spiro atoms. The molecule has 0 amide bonds. The fraction of sp³-hybridized carbons (Fsp3) is 0.500. The van der Waals surface area contributed by atoms with Crippen molar-refractivity contribution in [1.29, 1.82) is 0 Å². The summed E-state index contributed by atoms with van der Waals surface area (Å²) >= 11 is 1.70. The van der Waals surface area contributed by atoms with Crippen LogP contribution in [0.15, 0.2) is 6.20 Å². The van der Waals surface area contributed by atoms with Crippen LogP contribution in [0, 0.1) is 13.8 Å². The van der Waals surface area contributed by atoms with E-state index in [1.807, 2.05) is 20.2 Å². The Balaban J connectivity index is 2.18. The van der Waals surface area contributed by atoms with Gasteiger partial charge in [-0.25, -0.2) is 15.0 Å². The van der Waals surface area contributed by atoms with E-state index in [1.54, 1.807) is 11.3 Å². The van der Waals surface area contributed by atoms with E-state index < -0.39 is 0 Å². The van der Waals surface area contributed by atoms with Crippen LogP contribution in [0.1, 0.15) is 34.6 Å². The lowest BCUT2D eigenvalue weighted by atomic mass is 10.2. The molecule has 2 aromatic heterocycles. The SMILES string of the molecule is CCCc1nc(NC)c(C)c(NCc2ncc(C)s2)n1. The zero-order valence-electron chi connectivity index (χ0n) is 12.4. The first-order chi connectivity index (χ1) is 9.63. The van der Waals surface area contributed by atoms with Crippen molar-refractivity contribution in [1.82, 2.24) is 15.0 Å². The van der Waals surface area contributed by atoms with E-state index in [4.69, 9.17) is 0 Å². The fourth-order valence-corrected chi connectivity index (χ4v) is 2.68. The molecule has 0 fully saturated rings. The number of hydrogen-bond acceptors (Lipinski definition) is 6. The molecule has 2 rings (SSSR count). The van der Waals surface area contributed by atoms with Crippen LogP contribution in [0.5, 0.6) is 0 Å². The topological polar surface area (TPSA) is 62.7 Å². The number of rotatable bonds is 6. The van der Waals surface area contributed by atoms with Crippen molar-refractivity contribution < 1.29 is 0 Å². The molecule has 2 heterocycles. The minimum absolute atomic E-state index is 0.699. The van der Waals surface area contributed by atoms with Crippen molar-refractivity contribution in [3.63, 3.8) is 0 Å². The average molecular weight is 291 g/mol. The van der Waals surface area contributed by atoms with Crippen LogP contribution >= 0.6 is 11.3 Å². The Hall–Kier alpha value is -1.69. The van der Waals surface area contributed by atoms with E-state index >= 15 is 0 Å². The Bertz CT molecular complexity index is 579. The van der Waals surface area contributed by atoms with Gasteiger partial charge in [0.1, 0.15) is 22.5 Å². The zero-order valence-corrected chi connectivity index (χ0v) is 13.3. The van der Waals surface area contributed by atoms with Gasteiger partial charge in [0.05, 0.1) is 6.54 Å². The lowest BCUT2D eigenvalue weighted by Crippen LogP contribution is -2.09. The molecule has 108 valence electrons. The predicted octanol–water partition coefficient (Wildman–Crippen LogP) is 3.16. The van der Waals surface area contributed by atoms with Gasteiger partial charge in [-0.1, -0.05) is 6.92 Å². The van der Waals surface area contributed by atoms with Gasteiger partial charge >= 0.3 is 0 Å². The van der Waals surface area contributed by atoms with Crippen LogP contribution in [0.2, 0.25) is 0 Å². The molecule has 2 aromatic rings. The first-order valence-corrected chi connectivity index (χ1v) is 7.66. The van der Waals surface area contributed by atoms with E-state index in [0.29, 0.717) is 6.54 Å². The van der Waals surface area contributed by atoms with E-state index in [-0.39, 0.29) is 0 Å². The molecule has 0 atom stereocenters. The zero-order chi connectivity index (χ0) is 14.5. The van der Waals surface area contributed by atoms with Crippen molar-refractivity contribution in [2.45, 2.75) is 40.2 Å². The maximum Gasteiger partial charge on any atom is 0.135 e. The molecular weight excluding hydrogens is 270 g/mol. The molecule has 6 heteroatoms. The Morgan fingerprint density at radius 1 is 1.20 bits per heavy atom. The molecule has 0 unspecified atom stereocenters. The third-order valence-corrected chi connectivity index (χ3v) is 3.89. The number of anilines is 2. The third-order valence-electron chi connectivity index (χ3n) is 2.98. The molecule has 0 radical (unpaired) electrons. The molecule has 0 saturated carbocycles. The molecular formula is C14H21N5S. The van der Waals surface area contributed by atoms with E-state index in [0.717, 1.165) is 40.9 Å². The van der Waals surface area contributed by atoms with Crippen LogP contribution in [-0.4, -0.2) is 22.0 Å². The highest BCUT2D eigenvalue weighted by molar-refractivity contribution is 7.11. The predicted molar refractivity (Wildman–Crippen MR) is 84.5 cm³/mol. The average Bonchev–Trinajstić information content (AvgIpc) is 2.85. The Morgan fingerprint density at radius 3 is 2.55 bits per heavy atom. The number of aryl methyl sites for hydroxylation is 2. The summed E-state index contributed by atoms with van der Waals surface area (Å²) in [6, 6.07) is 0. The number of nitrogens with one attached hydrogen (secondary N) is 2. The second kappa shape index (κ2) is 6.65. The molecule has 0 saturated heterocycles. The maximum absolute atomic E-state index is 4.61. The quantitative estimate of drug-likeness (QED) is 0.856. The summed E-state index contributed by atoms with van der Waals surface area (Å²) in [7, 11) is 1.89. The fourth-order valence-electron chi connectivity index (χ4n) is 1.96. The molecule has 0 aromatic carbocycles. The van der Waals surface area contributed by atoms with E-state index in [9.17, 15) is 0 Å². The van der Waals surface area contributed by atoms with Crippen molar-refractivity contribution in [3.8, 4) is 0 Å². The van der Waals surface area contributed by atoms with Gasteiger partial charge in [0.25, 0.3) is 0 Å². The van der Waals surface area contributed by atoms with Gasteiger partial charge in [-0.2, -0.15) is 0 Å². The highest BCUT2D eigenvalue weighted by Crippen LogP contribution is 2.21. The summed E-state index contributed by atoms with van der Waals surface area (Å²) in [6.07, 6.45) is 3.83. The number of hydrogen-bond donors (Lipinski definition) is 2. The molecule has 2 N–H and O–H groups in total. The van der Waals surface area contributed by atoms with E-state index in [2.05, 4.69) is 39.4 Å². The van der Waals surface area contributed by atoms with Crippen LogP contribution in [-0.2, 0) is 13.0 Å². The Labute approximate surface area is 123 Å². The van der Waals surface area contributed by atoms with Gasteiger partial charge in [0, 0.05) is 30.1 Å². The maximum atomic E-state index is 4.61. The molecule has 20 heavy (non-hydrogen) atoms. The van der Waals surface area contributed by atoms with Crippen LogP contribution in [0.4, 0.5) is 11.6 Å². The lowest BCUT2D eigenvalue weighted by molar-refractivity contribution is 0.831. The minimum Gasteiger partial charge on any atom is -0.373 e. The van der Waals surface area contributed by atoms with Crippen molar-refractivity contribution in [3.05, 3.63) is 27.5 Å². The van der Waals surface area contributed by atoms with Crippen molar-refractivity contribution in [2.24, 2.45) is 0 Å². The summed E-state index contributed by atoms with van der Waals surface area (Å²) in [5, 5.41) is 7.58. The van der Waals surface area contributed by atoms with E-state index in [1.165, 1.54) is 4.88 Å². The summed E-state index contributed by atoms with van der Waals surface area (Å²) in [4.78, 5) is 14.7. The van der Waals surface area contributed by atoms with Crippen molar-refractivity contribution in [2.75, 3.05) is 17.7 Å². The van der Waals surface area contributed by atoms with Gasteiger partial charge in [0.2, 0.25) is 0 Å². The van der Waals surface area contributed by atoms with Gasteiger partial charge in [0.15, 0.2) is 0 Å². The first-order valence-electron chi connectivity index (χ1n) is 6.84. The molecule has 0 aliphatic rings. The minimum atomic E-state index is 0.699. The standard InChI is InChI=1S/C14H21N5S/c1-5-6-11-18-13(15-4)10(3)14(19-11)17-8-12-16-7-9(2)20-12/h7H,5-6,8H2,1-4H3,(H2,15,17,18,19). The van der Waals surface area contributed by atoms with Crippen molar-refractivity contribution >= 4 is 23.0 Å². The van der Waals surface area contributed by atoms with Crippen LogP contribution < -0.4 is 10.6 Å². The van der Waals surface area contributed by atoms with Gasteiger partial charge in [-0.15, -0.1) is 11.3 Å². The first kappa shape index (κ1) is 14.7. The highest BCUT2D eigenvalue weighted by atomic mass is 32.1. The number of aromatic nitrogens is 3. The lowest BCUT2D eigenvalue weighted by Gasteiger charge is -2.13. The highest BCUT2D eigenvalue weighted by Gasteiger charge is 2.10. The van der Waals surface area contributed by atoms with Gasteiger partial charge < -0.3 is 10.6 Å². The monoisotopic (exact) mass is 291 g/mol. The second-order valence-electron chi connectivity index (χ2n) is 4.68. The summed E-state index contributed by atoms with van der Waals surface area (Å²) in [5.74, 6) is 2.65. The second-order valence-corrected chi connectivity index (χ2v) is 6.00. The molecule has 0 bridgehead atoms. The van der Waals surface area contributed by atoms with Crippen LogP contribution in [0.25, 0.3) is 0 Å². The molecule has 5 nitrogen and oxygen atoms in total. The molecule has 0 aliphatic carbocycles. The molecule has 0 aliphatic heterocycles. The van der Waals surface area contributed by atoms with Crippen LogP contribution in [0.3, 0.4) is 0 Å². The Morgan fingerprint density at radius 2 is 1.95 bits per heavy atom. The number of nitrogens with zero attached hydrogens (tertiary/aromatic N) is 3. The smallest absolute Gasteiger partial charge is 0.135 e. The summed E-state index contributed by atoms with van der Waals surface area (Å²) in [5.41, 5.74) is 1.04. The largest absolute Gasteiger partial charge is 0.373 e. The van der Waals surface area contributed by atoms with Gasteiger partial charge in [-0.3, -0.25) is 0 Å². The third kappa shape index (κ3) is 3.45. The normalized spacial score (nSPS) is 10.6. The van der Waals surface area contributed by atoms with Gasteiger partial charge in [-0.05, 0) is 20.3 Å². The number of thiazole rings is 1. The summed E-state index contributed by atoms with van der Waals surface area (Å²) < 4.78 is 0. The summed E-state index contributed by atoms with van der Waals surface area (Å²) in [6.45, 7) is 6.92.